The van der Waals surface area contributed by atoms with E-state index in [0.717, 1.165) is 11.8 Å². The third-order valence-corrected chi connectivity index (χ3v) is 4.42. The molecule has 1 atom stereocenters. The summed E-state index contributed by atoms with van der Waals surface area (Å²) in [5, 5.41) is 3.47. The summed E-state index contributed by atoms with van der Waals surface area (Å²) < 4.78 is 0. The average molecular weight is 230 g/mol. The summed E-state index contributed by atoms with van der Waals surface area (Å²) in [6.45, 7) is 5.82. The Hall–Kier alpha value is -1.02. The molecule has 1 fully saturated rings. The average Bonchev–Trinajstić information content (AvgIpc) is 2.67. The minimum absolute atomic E-state index is 0.761. The highest BCUT2D eigenvalue weighted by atomic mass is 15.1. The normalized spacial score (nSPS) is 25.1. The maximum absolute atomic E-state index is 3.47. The van der Waals surface area contributed by atoms with Crippen LogP contribution in [-0.2, 0) is 0 Å². The molecule has 1 aromatic rings. The van der Waals surface area contributed by atoms with E-state index in [0.29, 0.717) is 0 Å². The van der Waals surface area contributed by atoms with Gasteiger partial charge in [-0.15, -0.1) is 0 Å². The van der Waals surface area contributed by atoms with Gasteiger partial charge in [0.25, 0.3) is 0 Å². The van der Waals surface area contributed by atoms with Gasteiger partial charge in [-0.1, -0.05) is 17.7 Å². The van der Waals surface area contributed by atoms with Gasteiger partial charge in [0.05, 0.1) is 0 Å². The van der Waals surface area contributed by atoms with Gasteiger partial charge < -0.3 is 10.2 Å². The zero-order valence-corrected chi connectivity index (χ0v) is 10.9. The molecule has 1 aromatic carbocycles. The van der Waals surface area contributed by atoms with Gasteiger partial charge in [0, 0.05) is 25.2 Å². The van der Waals surface area contributed by atoms with Crippen LogP contribution in [0.4, 0.5) is 5.69 Å². The Balaban J connectivity index is 1.91. The van der Waals surface area contributed by atoms with Crippen molar-refractivity contribution in [2.45, 2.75) is 25.7 Å². The monoisotopic (exact) mass is 230 g/mol. The fraction of sp³-hybridized carbons (Fsp3) is 0.600. The Bertz CT molecular complexity index is 407. The lowest BCUT2D eigenvalue weighted by Crippen LogP contribution is -2.32. The quantitative estimate of drug-likeness (QED) is 0.797. The van der Waals surface area contributed by atoms with Gasteiger partial charge >= 0.3 is 0 Å². The molecule has 0 aliphatic carbocycles. The van der Waals surface area contributed by atoms with Gasteiger partial charge in [0.2, 0.25) is 0 Å². The SMILES string of the molecule is Cc1ccc2c(c1)C(C1CCNCC1)CN2C. The van der Waals surface area contributed by atoms with Crippen LogP contribution in [0.15, 0.2) is 18.2 Å². The van der Waals surface area contributed by atoms with Gasteiger partial charge in [0.15, 0.2) is 0 Å². The van der Waals surface area contributed by atoms with Crippen molar-refractivity contribution in [1.29, 1.82) is 0 Å². The van der Waals surface area contributed by atoms with Crippen LogP contribution in [0.2, 0.25) is 0 Å². The number of hydrogen-bond acceptors (Lipinski definition) is 2. The fourth-order valence-electron chi connectivity index (χ4n) is 3.46. The van der Waals surface area contributed by atoms with Gasteiger partial charge in [-0.2, -0.15) is 0 Å². The molecule has 17 heavy (non-hydrogen) atoms. The van der Waals surface area contributed by atoms with E-state index in [1.807, 2.05) is 0 Å². The standard InChI is InChI=1S/C15H22N2/c1-11-3-4-15-13(9-11)14(10-17(15)2)12-5-7-16-8-6-12/h3-4,9,12,14,16H,5-8,10H2,1-2H3. The van der Waals surface area contributed by atoms with Crippen molar-refractivity contribution in [3.05, 3.63) is 29.3 Å². The highest BCUT2D eigenvalue weighted by Gasteiger charge is 2.33. The molecule has 92 valence electrons. The molecule has 1 unspecified atom stereocenters. The molecule has 0 spiro atoms. The summed E-state index contributed by atoms with van der Waals surface area (Å²) in [4.78, 5) is 2.43. The van der Waals surface area contributed by atoms with Crippen molar-refractivity contribution in [3.63, 3.8) is 0 Å². The number of nitrogens with one attached hydrogen (secondary N) is 1. The maximum atomic E-state index is 3.47. The van der Waals surface area contributed by atoms with E-state index in [-0.39, 0.29) is 0 Å². The number of hydrogen-bond donors (Lipinski definition) is 1. The van der Waals surface area contributed by atoms with Crippen LogP contribution in [0.1, 0.15) is 29.9 Å². The number of benzene rings is 1. The summed E-state index contributed by atoms with van der Waals surface area (Å²) >= 11 is 0. The van der Waals surface area contributed by atoms with Gasteiger partial charge in [0.1, 0.15) is 0 Å². The second kappa shape index (κ2) is 4.34. The lowest BCUT2D eigenvalue weighted by Gasteiger charge is -2.28. The molecule has 2 nitrogen and oxygen atoms in total. The molecular formula is C15H22N2. The Morgan fingerprint density at radius 1 is 1.24 bits per heavy atom. The Kier molecular flexibility index (Phi) is 2.83. The number of aryl methyl sites for hydroxylation is 1. The van der Waals surface area contributed by atoms with Crippen molar-refractivity contribution in [2.75, 3.05) is 31.6 Å². The molecule has 0 saturated carbocycles. The number of anilines is 1. The molecule has 3 rings (SSSR count). The van der Waals surface area contributed by atoms with Crippen LogP contribution in [0.25, 0.3) is 0 Å². The molecule has 1 N–H and O–H groups in total. The van der Waals surface area contributed by atoms with Gasteiger partial charge in [-0.3, -0.25) is 0 Å². The predicted molar refractivity (Wildman–Crippen MR) is 72.8 cm³/mol. The van der Waals surface area contributed by atoms with Crippen molar-refractivity contribution in [3.8, 4) is 0 Å². The summed E-state index contributed by atoms with van der Waals surface area (Å²) in [6, 6.07) is 6.94. The zero-order chi connectivity index (χ0) is 11.8. The minimum atomic E-state index is 0.761. The Morgan fingerprint density at radius 3 is 2.76 bits per heavy atom. The van der Waals surface area contributed by atoms with Crippen LogP contribution in [0.5, 0.6) is 0 Å². The van der Waals surface area contributed by atoms with Gasteiger partial charge in [-0.05, 0) is 50.4 Å². The summed E-state index contributed by atoms with van der Waals surface area (Å²) in [5.74, 6) is 1.64. The van der Waals surface area contributed by atoms with Gasteiger partial charge in [-0.25, -0.2) is 0 Å². The number of fused-ring (bicyclic) bond motifs is 1. The largest absolute Gasteiger partial charge is 0.374 e. The third-order valence-electron chi connectivity index (χ3n) is 4.42. The van der Waals surface area contributed by atoms with E-state index in [9.17, 15) is 0 Å². The molecule has 0 amide bonds. The Morgan fingerprint density at radius 2 is 2.00 bits per heavy atom. The van der Waals surface area contributed by atoms with Crippen molar-refractivity contribution < 1.29 is 0 Å². The lowest BCUT2D eigenvalue weighted by atomic mass is 9.81. The molecule has 2 aliphatic heterocycles. The van der Waals surface area contributed by atoms with E-state index < -0.39 is 0 Å². The molecule has 1 saturated heterocycles. The smallest absolute Gasteiger partial charge is 0.0400 e. The topological polar surface area (TPSA) is 15.3 Å². The van der Waals surface area contributed by atoms with Crippen LogP contribution in [-0.4, -0.2) is 26.7 Å². The van der Waals surface area contributed by atoms with E-state index >= 15 is 0 Å². The van der Waals surface area contributed by atoms with E-state index in [2.05, 4.69) is 42.4 Å². The summed E-state index contributed by atoms with van der Waals surface area (Å²) in [6.07, 6.45) is 2.68. The van der Waals surface area contributed by atoms with Crippen molar-refractivity contribution in [2.24, 2.45) is 5.92 Å². The second-order valence-corrected chi connectivity index (χ2v) is 5.64. The molecule has 0 bridgehead atoms. The first-order valence-electron chi connectivity index (χ1n) is 6.78. The molecule has 2 heterocycles. The van der Waals surface area contributed by atoms with E-state index in [1.54, 1.807) is 5.56 Å². The second-order valence-electron chi connectivity index (χ2n) is 5.64. The van der Waals surface area contributed by atoms with Crippen LogP contribution < -0.4 is 10.2 Å². The number of rotatable bonds is 1. The van der Waals surface area contributed by atoms with Crippen LogP contribution in [0.3, 0.4) is 0 Å². The highest BCUT2D eigenvalue weighted by Crippen LogP contribution is 2.42. The minimum Gasteiger partial charge on any atom is -0.374 e. The zero-order valence-electron chi connectivity index (χ0n) is 10.9. The summed E-state index contributed by atoms with van der Waals surface area (Å²) in [5.41, 5.74) is 4.46. The molecule has 2 aliphatic rings. The number of likely N-dealkylation sites (N-methyl/N-ethyl adjacent to an activating group) is 1. The first kappa shape index (κ1) is 11.1. The summed E-state index contributed by atoms with van der Waals surface area (Å²) in [7, 11) is 2.23. The predicted octanol–water partition coefficient (Wildman–Crippen LogP) is 2.53. The van der Waals surface area contributed by atoms with Crippen molar-refractivity contribution >= 4 is 5.69 Å². The lowest BCUT2D eigenvalue weighted by molar-refractivity contribution is 0.327. The Labute approximate surface area is 104 Å². The highest BCUT2D eigenvalue weighted by molar-refractivity contribution is 5.60. The number of piperidine rings is 1. The van der Waals surface area contributed by atoms with Crippen molar-refractivity contribution in [1.82, 2.24) is 5.32 Å². The molecule has 2 heteroatoms. The van der Waals surface area contributed by atoms with E-state index in [4.69, 9.17) is 0 Å². The first-order valence-corrected chi connectivity index (χ1v) is 6.78. The molecular weight excluding hydrogens is 208 g/mol. The van der Waals surface area contributed by atoms with E-state index in [1.165, 1.54) is 43.7 Å². The first-order chi connectivity index (χ1) is 8.25. The maximum Gasteiger partial charge on any atom is 0.0400 e. The van der Waals surface area contributed by atoms with Crippen LogP contribution in [0, 0.1) is 12.8 Å². The number of nitrogens with zero attached hydrogens (tertiary/aromatic N) is 1. The fourth-order valence-corrected chi connectivity index (χ4v) is 3.46. The molecule has 0 radical (unpaired) electrons. The third kappa shape index (κ3) is 1.95. The molecule has 0 aromatic heterocycles. The van der Waals surface area contributed by atoms with Crippen LogP contribution >= 0.6 is 0 Å².